The highest BCUT2D eigenvalue weighted by atomic mass is 35.5. The first-order chi connectivity index (χ1) is 10.8. The van der Waals surface area contributed by atoms with Crippen molar-refractivity contribution in [3.63, 3.8) is 0 Å². The maximum atomic E-state index is 12.2. The zero-order valence-corrected chi connectivity index (χ0v) is 15.1. The Bertz CT molecular complexity index is 829. The molecule has 0 bridgehead atoms. The van der Waals surface area contributed by atoms with Gasteiger partial charge >= 0.3 is 0 Å². The first kappa shape index (κ1) is 17.9. The Kier molecular flexibility index (Phi) is 5.45. The van der Waals surface area contributed by atoms with Gasteiger partial charge in [0.15, 0.2) is 5.75 Å². The number of carbonyl (C=O) groups is 1. The number of benzene rings is 1. The van der Waals surface area contributed by atoms with Crippen molar-refractivity contribution in [1.82, 2.24) is 10.2 Å². The summed E-state index contributed by atoms with van der Waals surface area (Å²) in [7, 11) is -2.06. The summed E-state index contributed by atoms with van der Waals surface area (Å²) >= 11 is 12.7. The van der Waals surface area contributed by atoms with Crippen LogP contribution in [0.25, 0.3) is 0 Å². The Hall–Kier alpha value is -1.42. The van der Waals surface area contributed by atoms with Gasteiger partial charge in [0, 0.05) is 5.56 Å². The summed E-state index contributed by atoms with van der Waals surface area (Å²) in [5.41, 5.74) is 0.177. The van der Waals surface area contributed by atoms with Crippen LogP contribution in [0, 0.1) is 0 Å². The molecule has 0 radical (unpaired) electrons. The van der Waals surface area contributed by atoms with Gasteiger partial charge in [0.2, 0.25) is 19.3 Å². The molecule has 1 amide bonds. The molecule has 124 valence electrons. The quantitative estimate of drug-likeness (QED) is 0.781. The van der Waals surface area contributed by atoms with E-state index < -0.39 is 15.7 Å². The van der Waals surface area contributed by atoms with Crippen LogP contribution in [0.5, 0.6) is 5.75 Å². The fourth-order valence-electron chi connectivity index (χ4n) is 1.56. The van der Waals surface area contributed by atoms with Crippen LogP contribution < -0.4 is 10.1 Å². The summed E-state index contributed by atoms with van der Waals surface area (Å²) in [6.45, 7) is 1.50. The molecule has 0 unspecified atom stereocenters. The number of nitrogens with zero attached hydrogens (tertiary/aromatic N) is 2. The number of nitrogens with one attached hydrogen (secondary N) is 1. The predicted octanol–water partition coefficient (Wildman–Crippen LogP) is 2.90. The van der Waals surface area contributed by atoms with E-state index in [1.165, 1.54) is 26.2 Å². The second kappa shape index (κ2) is 7.00. The van der Waals surface area contributed by atoms with Crippen molar-refractivity contribution in [3.05, 3.63) is 27.7 Å². The molecule has 0 atom stereocenters. The Balaban J connectivity index is 2.23. The van der Waals surface area contributed by atoms with Gasteiger partial charge in [0.05, 0.1) is 22.9 Å². The Morgan fingerprint density at radius 1 is 1.30 bits per heavy atom. The van der Waals surface area contributed by atoms with Crippen LogP contribution in [-0.2, 0) is 9.84 Å². The van der Waals surface area contributed by atoms with Crippen molar-refractivity contribution < 1.29 is 17.9 Å². The van der Waals surface area contributed by atoms with Gasteiger partial charge in [-0.3, -0.25) is 10.1 Å². The molecule has 2 aromatic rings. The largest absolute Gasteiger partial charge is 0.494 e. The van der Waals surface area contributed by atoms with Crippen LogP contribution in [-0.4, -0.2) is 37.4 Å². The number of halogens is 2. The number of aromatic nitrogens is 2. The van der Waals surface area contributed by atoms with E-state index in [0.29, 0.717) is 0 Å². The van der Waals surface area contributed by atoms with Crippen molar-refractivity contribution >= 4 is 55.4 Å². The first-order valence-corrected chi connectivity index (χ1v) is 9.41. The van der Waals surface area contributed by atoms with Gasteiger partial charge in [-0.1, -0.05) is 41.5 Å². The third-order valence-electron chi connectivity index (χ3n) is 2.74. The lowest BCUT2D eigenvalue weighted by Gasteiger charge is -2.08. The highest BCUT2D eigenvalue weighted by Crippen LogP contribution is 2.34. The third-order valence-corrected chi connectivity index (χ3v) is 6.32. The molecular weight excluding hydrogens is 385 g/mol. The molecule has 0 spiro atoms. The zero-order chi connectivity index (χ0) is 17.2. The molecule has 11 heteroatoms. The van der Waals surface area contributed by atoms with Crippen molar-refractivity contribution in [2.75, 3.05) is 18.2 Å². The van der Waals surface area contributed by atoms with E-state index in [0.717, 1.165) is 11.3 Å². The smallest absolute Gasteiger partial charge is 0.257 e. The van der Waals surface area contributed by atoms with E-state index in [-0.39, 0.29) is 36.6 Å². The van der Waals surface area contributed by atoms with E-state index in [2.05, 4.69) is 15.5 Å². The molecule has 7 nitrogen and oxygen atoms in total. The van der Waals surface area contributed by atoms with Crippen molar-refractivity contribution in [2.45, 2.75) is 11.3 Å². The van der Waals surface area contributed by atoms with Crippen LogP contribution in [0.1, 0.15) is 17.3 Å². The standard InChI is InChI=1S/C12H11Cl2N3O4S2/c1-3-23(19,20)12-17-16-11(22-12)15-10(18)6-4-7(13)9(21-2)8(14)5-6/h4-5H,3H2,1-2H3,(H,15,16,18). The minimum absolute atomic E-state index is 0.0603. The lowest BCUT2D eigenvalue weighted by Crippen LogP contribution is -2.12. The molecule has 0 saturated heterocycles. The molecule has 1 aromatic heterocycles. The zero-order valence-electron chi connectivity index (χ0n) is 12.0. The van der Waals surface area contributed by atoms with E-state index in [1.54, 1.807) is 0 Å². The minimum Gasteiger partial charge on any atom is -0.494 e. The summed E-state index contributed by atoms with van der Waals surface area (Å²) in [4.78, 5) is 12.2. The van der Waals surface area contributed by atoms with Crippen LogP contribution >= 0.6 is 34.5 Å². The summed E-state index contributed by atoms with van der Waals surface area (Å²) in [5, 5.41) is 10.1. The van der Waals surface area contributed by atoms with Crippen LogP contribution in [0.2, 0.25) is 10.0 Å². The van der Waals surface area contributed by atoms with Crippen LogP contribution in [0.4, 0.5) is 5.13 Å². The molecular formula is C12H11Cl2N3O4S2. The highest BCUT2D eigenvalue weighted by molar-refractivity contribution is 7.93. The summed E-state index contributed by atoms with van der Waals surface area (Å²) < 4.78 is 28.2. The molecule has 1 aromatic carbocycles. The van der Waals surface area contributed by atoms with Gasteiger partial charge in [0.25, 0.3) is 5.91 Å². The number of amides is 1. The molecule has 0 fully saturated rings. The van der Waals surface area contributed by atoms with E-state index >= 15 is 0 Å². The number of hydrogen-bond acceptors (Lipinski definition) is 7. The molecule has 0 aliphatic carbocycles. The van der Waals surface area contributed by atoms with E-state index in [4.69, 9.17) is 27.9 Å². The molecule has 0 saturated carbocycles. The van der Waals surface area contributed by atoms with E-state index in [9.17, 15) is 13.2 Å². The number of sulfone groups is 1. The molecule has 2 rings (SSSR count). The monoisotopic (exact) mass is 395 g/mol. The molecule has 23 heavy (non-hydrogen) atoms. The van der Waals surface area contributed by atoms with Gasteiger partial charge in [-0.25, -0.2) is 8.42 Å². The minimum atomic E-state index is -3.47. The van der Waals surface area contributed by atoms with E-state index in [1.807, 2.05) is 0 Å². The second-order valence-electron chi connectivity index (χ2n) is 4.20. The molecule has 0 aliphatic heterocycles. The fourth-order valence-corrected chi connectivity index (χ4v) is 4.19. The maximum absolute atomic E-state index is 12.2. The molecule has 1 heterocycles. The summed E-state index contributed by atoms with van der Waals surface area (Å²) in [6, 6.07) is 2.76. The second-order valence-corrected chi connectivity index (χ2v) is 8.45. The van der Waals surface area contributed by atoms with Crippen LogP contribution in [0.3, 0.4) is 0 Å². The van der Waals surface area contributed by atoms with Gasteiger partial charge in [-0.2, -0.15) is 0 Å². The lowest BCUT2D eigenvalue weighted by atomic mass is 10.2. The number of anilines is 1. The summed E-state index contributed by atoms with van der Waals surface area (Å²) in [6.07, 6.45) is 0. The van der Waals surface area contributed by atoms with Crippen LogP contribution in [0.15, 0.2) is 16.5 Å². The lowest BCUT2D eigenvalue weighted by molar-refractivity contribution is 0.102. The maximum Gasteiger partial charge on any atom is 0.257 e. The van der Waals surface area contributed by atoms with Crippen molar-refractivity contribution in [3.8, 4) is 5.75 Å². The molecule has 0 aliphatic rings. The number of carbonyl (C=O) groups excluding carboxylic acids is 1. The normalized spacial score (nSPS) is 11.3. The number of rotatable bonds is 5. The highest BCUT2D eigenvalue weighted by Gasteiger charge is 2.20. The average Bonchev–Trinajstić information content (AvgIpc) is 2.96. The number of methoxy groups -OCH3 is 1. The van der Waals surface area contributed by atoms with Crippen molar-refractivity contribution in [2.24, 2.45) is 0 Å². The fraction of sp³-hybridized carbons (Fsp3) is 0.250. The topological polar surface area (TPSA) is 98.3 Å². The third kappa shape index (κ3) is 3.92. The summed E-state index contributed by atoms with van der Waals surface area (Å²) in [5.74, 6) is -0.385. The molecule has 1 N–H and O–H groups in total. The number of ether oxygens (including phenoxy) is 1. The first-order valence-electron chi connectivity index (χ1n) is 6.19. The number of hydrogen-bond donors (Lipinski definition) is 1. The van der Waals surface area contributed by atoms with Gasteiger partial charge in [0.1, 0.15) is 0 Å². The predicted molar refractivity (Wildman–Crippen MR) is 88.6 cm³/mol. The Morgan fingerprint density at radius 2 is 1.91 bits per heavy atom. The Morgan fingerprint density at radius 3 is 2.43 bits per heavy atom. The SMILES string of the molecule is CCS(=O)(=O)c1nnc(NC(=O)c2cc(Cl)c(OC)c(Cl)c2)s1. The van der Waals surface area contributed by atoms with Gasteiger partial charge < -0.3 is 4.74 Å². The average molecular weight is 396 g/mol. The van der Waals surface area contributed by atoms with Gasteiger partial charge in [-0.05, 0) is 12.1 Å². The van der Waals surface area contributed by atoms with Crippen molar-refractivity contribution in [1.29, 1.82) is 0 Å². The Labute approximate surface area is 146 Å². The van der Waals surface area contributed by atoms with Gasteiger partial charge in [-0.15, -0.1) is 10.2 Å².